The minimum Gasteiger partial charge on any atom is -0.493 e. The Labute approximate surface area is 103 Å². The summed E-state index contributed by atoms with van der Waals surface area (Å²) in [6.45, 7) is 4.12. The van der Waals surface area contributed by atoms with Gasteiger partial charge >= 0.3 is 0 Å². The Bertz CT molecular complexity index is 305. The molecule has 4 heteroatoms. The summed E-state index contributed by atoms with van der Waals surface area (Å²) in [4.78, 5) is 0. The second-order valence-corrected chi connectivity index (χ2v) is 3.83. The van der Waals surface area contributed by atoms with Gasteiger partial charge in [-0.1, -0.05) is 25.8 Å². The van der Waals surface area contributed by atoms with Gasteiger partial charge < -0.3 is 9.47 Å². The average molecular weight is 238 g/mol. The molecule has 0 fully saturated rings. The van der Waals surface area contributed by atoms with E-state index in [0.717, 1.165) is 24.5 Å². The van der Waals surface area contributed by atoms with Gasteiger partial charge in [-0.3, -0.25) is 11.3 Å². The van der Waals surface area contributed by atoms with E-state index in [1.54, 1.807) is 0 Å². The number of ether oxygens (including phenoxy) is 2. The fourth-order valence-corrected chi connectivity index (χ4v) is 1.42. The van der Waals surface area contributed by atoms with Gasteiger partial charge in [0.15, 0.2) is 0 Å². The number of unbranched alkanes of at least 4 members (excludes halogenated alkanes) is 2. The highest BCUT2D eigenvalue weighted by molar-refractivity contribution is 5.32. The highest BCUT2D eigenvalue weighted by atomic mass is 16.5. The van der Waals surface area contributed by atoms with Crippen LogP contribution in [0.4, 0.5) is 0 Å². The van der Waals surface area contributed by atoms with Gasteiger partial charge in [0.05, 0.1) is 6.61 Å². The Morgan fingerprint density at radius 2 is 1.82 bits per heavy atom. The molecular formula is C13H22N2O2. The zero-order valence-corrected chi connectivity index (χ0v) is 10.4. The van der Waals surface area contributed by atoms with E-state index in [0.29, 0.717) is 13.2 Å². The molecule has 17 heavy (non-hydrogen) atoms. The molecule has 3 N–H and O–H groups in total. The Balaban J connectivity index is 2.31. The van der Waals surface area contributed by atoms with Crippen molar-refractivity contribution >= 4 is 0 Å². The molecule has 0 saturated carbocycles. The van der Waals surface area contributed by atoms with Crippen LogP contribution in [-0.4, -0.2) is 19.8 Å². The molecule has 0 spiro atoms. The number of nitrogens with one attached hydrogen (secondary N) is 1. The fraction of sp³-hybridized carbons (Fsp3) is 0.538. The summed E-state index contributed by atoms with van der Waals surface area (Å²) in [5.74, 6) is 6.84. The molecule has 1 aromatic carbocycles. The molecule has 1 rings (SSSR count). The number of hydrogen-bond donors (Lipinski definition) is 2. The predicted octanol–water partition coefficient (Wildman–Crippen LogP) is 2.10. The molecule has 0 aliphatic heterocycles. The summed E-state index contributed by atoms with van der Waals surface area (Å²) in [5, 5.41) is 0. The maximum absolute atomic E-state index is 5.63. The largest absolute Gasteiger partial charge is 0.493 e. The van der Waals surface area contributed by atoms with Crippen molar-refractivity contribution in [3.63, 3.8) is 0 Å². The third-order valence-corrected chi connectivity index (χ3v) is 2.34. The first-order chi connectivity index (χ1) is 8.36. The molecule has 0 saturated heterocycles. The third-order valence-electron chi connectivity index (χ3n) is 2.34. The number of rotatable bonds is 9. The first kappa shape index (κ1) is 13.8. The molecule has 0 aliphatic rings. The molecule has 0 radical (unpaired) electrons. The van der Waals surface area contributed by atoms with Crippen molar-refractivity contribution in [3.8, 4) is 11.5 Å². The van der Waals surface area contributed by atoms with Crippen molar-refractivity contribution in [2.24, 2.45) is 5.84 Å². The Kier molecular flexibility index (Phi) is 7.18. The van der Waals surface area contributed by atoms with Crippen LogP contribution in [0.2, 0.25) is 0 Å². The molecule has 4 nitrogen and oxygen atoms in total. The van der Waals surface area contributed by atoms with Crippen LogP contribution in [0, 0.1) is 0 Å². The molecule has 96 valence electrons. The second-order valence-electron chi connectivity index (χ2n) is 3.83. The third kappa shape index (κ3) is 6.14. The van der Waals surface area contributed by atoms with Crippen molar-refractivity contribution in [2.75, 3.05) is 19.8 Å². The van der Waals surface area contributed by atoms with E-state index in [4.69, 9.17) is 15.3 Å². The van der Waals surface area contributed by atoms with Crippen LogP contribution in [0.25, 0.3) is 0 Å². The van der Waals surface area contributed by atoms with E-state index < -0.39 is 0 Å². The van der Waals surface area contributed by atoms with Crippen LogP contribution in [0.1, 0.15) is 26.2 Å². The summed E-state index contributed by atoms with van der Waals surface area (Å²) in [7, 11) is 0. The van der Waals surface area contributed by atoms with Gasteiger partial charge in [-0.2, -0.15) is 0 Å². The topological polar surface area (TPSA) is 56.5 Å². The molecule has 0 amide bonds. The Hall–Kier alpha value is -1.26. The number of benzene rings is 1. The lowest BCUT2D eigenvalue weighted by Gasteiger charge is -2.09. The first-order valence-electron chi connectivity index (χ1n) is 6.16. The van der Waals surface area contributed by atoms with Gasteiger partial charge in [0.2, 0.25) is 0 Å². The molecule has 0 unspecified atom stereocenters. The van der Waals surface area contributed by atoms with E-state index in [9.17, 15) is 0 Å². The smallest absolute Gasteiger partial charge is 0.123 e. The standard InChI is InChI=1S/C13H22N2O2/c1-2-3-4-9-16-12-6-5-7-13(11-12)17-10-8-15-14/h5-7,11,15H,2-4,8-10,14H2,1H3. The van der Waals surface area contributed by atoms with E-state index in [-0.39, 0.29) is 0 Å². The lowest BCUT2D eigenvalue weighted by molar-refractivity contribution is 0.295. The summed E-state index contributed by atoms with van der Waals surface area (Å²) in [6, 6.07) is 7.69. The lowest BCUT2D eigenvalue weighted by Crippen LogP contribution is -2.27. The zero-order valence-electron chi connectivity index (χ0n) is 10.4. The van der Waals surface area contributed by atoms with Crippen LogP contribution in [-0.2, 0) is 0 Å². The van der Waals surface area contributed by atoms with Gasteiger partial charge in [-0.25, -0.2) is 0 Å². The molecule has 0 aliphatic carbocycles. The molecule has 0 bridgehead atoms. The summed E-state index contributed by atoms with van der Waals surface area (Å²) >= 11 is 0. The molecule has 0 aromatic heterocycles. The Morgan fingerprint density at radius 1 is 1.12 bits per heavy atom. The number of hydrogen-bond acceptors (Lipinski definition) is 4. The van der Waals surface area contributed by atoms with E-state index in [1.165, 1.54) is 12.8 Å². The van der Waals surface area contributed by atoms with E-state index in [2.05, 4.69) is 12.3 Å². The highest BCUT2D eigenvalue weighted by Crippen LogP contribution is 2.19. The first-order valence-corrected chi connectivity index (χ1v) is 6.16. The maximum Gasteiger partial charge on any atom is 0.123 e. The second kappa shape index (κ2) is 8.84. The van der Waals surface area contributed by atoms with E-state index >= 15 is 0 Å². The maximum atomic E-state index is 5.63. The summed E-state index contributed by atoms with van der Waals surface area (Å²) in [5.41, 5.74) is 2.54. The minimum atomic E-state index is 0.551. The molecule has 0 heterocycles. The van der Waals surface area contributed by atoms with Crippen LogP contribution >= 0.6 is 0 Å². The normalized spacial score (nSPS) is 10.2. The van der Waals surface area contributed by atoms with E-state index in [1.807, 2.05) is 24.3 Å². The zero-order chi connectivity index (χ0) is 12.3. The monoisotopic (exact) mass is 238 g/mol. The fourth-order valence-electron chi connectivity index (χ4n) is 1.42. The van der Waals surface area contributed by atoms with Gasteiger partial charge in [-0.15, -0.1) is 0 Å². The van der Waals surface area contributed by atoms with Gasteiger partial charge in [0.1, 0.15) is 18.1 Å². The highest BCUT2D eigenvalue weighted by Gasteiger charge is 1.97. The lowest BCUT2D eigenvalue weighted by atomic mass is 10.3. The van der Waals surface area contributed by atoms with Crippen molar-refractivity contribution in [1.82, 2.24) is 5.43 Å². The minimum absolute atomic E-state index is 0.551. The van der Waals surface area contributed by atoms with Crippen molar-refractivity contribution in [1.29, 1.82) is 0 Å². The van der Waals surface area contributed by atoms with Gasteiger partial charge in [0.25, 0.3) is 0 Å². The number of nitrogens with two attached hydrogens (primary N) is 1. The van der Waals surface area contributed by atoms with Crippen LogP contribution in [0.3, 0.4) is 0 Å². The van der Waals surface area contributed by atoms with Crippen LogP contribution in [0.15, 0.2) is 24.3 Å². The van der Waals surface area contributed by atoms with Crippen molar-refractivity contribution in [2.45, 2.75) is 26.2 Å². The molecule has 1 aromatic rings. The SMILES string of the molecule is CCCCCOc1cccc(OCCNN)c1. The van der Waals surface area contributed by atoms with Crippen molar-refractivity contribution < 1.29 is 9.47 Å². The average Bonchev–Trinajstić information content (AvgIpc) is 2.36. The Morgan fingerprint density at radius 3 is 2.47 bits per heavy atom. The predicted molar refractivity (Wildman–Crippen MR) is 69.1 cm³/mol. The quantitative estimate of drug-likeness (QED) is 0.393. The van der Waals surface area contributed by atoms with Gasteiger partial charge in [0, 0.05) is 12.6 Å². The van der Waals surface area contributed by atoms with Crippen LogP contribution < -0.4 is 20.7 Å². The van der Waals surface area contributed by atoms with Crippen molar-refractivity contribution in [3.05, 3.63) is 24.3 Å². The van der Waals surface area contributed by atoms with Crippen LogP contribution in [0.5, 0.6) is 11.5 Å². The molecule has 0 atom stereocenters. The molecular weight excluding hydrogens is 216 g/mol. The number of hydrazine groups is 1. The summed E-state index contributed by atoms with van der Waals surface area (Å²) < 4.78 is 11.1. The summed E-state index contributed by atoms with van der Waals surface area (Å²) in [6.07, 6.45) is 3.51. The van der Waals surface area contributed by atoms with Gasteiger partial charge in [-0.05, 0) is 18.6 Å².